The van der Waals surface area contributed by atoms with E-state index in [2.05, 4.69) is 33.3 Å². The average molecular weight is 408 g/mol. The van der Waals surface area contributed by atoms with Gasteiger partial charge in [0.05, 0.1) is 0 Å². The van der Waals surface area contributed by atoms with Crippen LogP contribution in [0.25, 0.3) is 0 Å². The predicted molar refractivity (Wildman–Crippen MR) is 113 cm³/mol. The third-order valence-electron chi connectivity index (χ3n) is 5.44. The van der Waals surface area contributed by atoms with E-state index in [1.54, 1.807) is 0 Å². The van der Waals surface area contributed by atoms with E-state index in [-0.39, 0.29) is 23.7 Å². The smallest absolute Gasteiger partial charge is 0.255 e. The molecule has 0 radical (unpaired) electrons. The van der Waals surface area contributed by atoms with Crippen LogP contribution < -0.4 is 10.2 Å². The molecule has 3 aromatic rings. The maximum absolute atomic E-state index is 13.2. The number of nitrogens with one attached hydrogen (secondary N) is 1. The van der Waals surface area contributed by atoms with Gasteiger partial charge in [0.25, 0.3) is 5.91 Å². The van der Waals surface area contributed by atoms with Crippen molar-refractivity contribution in [2.45, 2.75) is 45.6 Å². The lowest BCUT2D eigenvalue weighted by Crippen LogP contribution is -2.32. The number of carbonyl (C=O) groups is 1. The molecule has 4 rings (SSSR count). The Morgan fingerprint density at radius 1 is 1.17 bits per heavy atom. The Morgan fingerprint density at radius 2 is 1.93 bits per heavy atom. The second kappa shape index (κ2) is 8.26. The summed E-state index contributed by atoms with van der Waals surface area (Å²) in [7, 11) is 0. The van der Waals surface area contributed by atoms with Crippen molar-refractivity contribution in [3.05, 3.63) is 71.1 Å². The number of amides is 1. The van der Waals surface area contributed by atoms with E-state index in [0.29, 0.717) is 17.3 Å². The number of fused-ring (bicyclic) bond motifs is 1. The van der Waals surface area contributed by atoms with Crippen LogP contribution in [0.4, 0.5) is 15.8 Å². The van der Waals surface area contributed by atoms with Crippen molar-refractivity contribution >= 4 is 17.3 Å². The lowest BCUT2D eigenvalue weighted by Gasteiger charge is -2.35. The maximum atomic E-state index is 13.2. The number of anilines is 2. The first-order chi connectivity index (χ1) is 14.4. The molecule has 0 saturated heterocycles. The van der Waals surface area contributed by atoms with E-state index >= 15 is 0 Å². The highest BCUT2D eigenvalue weighted by Crippen LogP contribution is 2.37. The summed E-state index contributed by atoms with van der Waals surface area (Å²) < 4.78 is 18.7. The van der Waals surface area contributed by atoms with Crippen LogP contribution >= 0.6 is 0 Å². The average Bonchev–Trinajstić information content (AvgIpc) is 3.24. The van der Waals surface area contributed by atoms with E-state index < -0.39 is 0 Å². The van der Waals surface area contributed by atoms with Crippen LogP contribution in [0, 0.1) is 5.82 Å². The monoisotopic (exact) mass is 408 g/mol. The first kappa shape index (κ1) is 20.1. The number of halogens is 1. The Morgan fingerprint density at radius 3 is 2.63 bits per heavy atom. The van der Waals surface area contributed by atoms with Gasteiger partial charge in [-0.1, -0.05) is 25.1 Å². The fourth-order valence-corrected chi connectivity index (χ4v) is 3.75. The minimum absolute atomic E-state index is 0.0768. The zero-order valence-electron chi connectivity index (χ0n) is 17.4. The molecule has 0 saturated carbocycles. The van der Waals surface area contributed by atoms with Crippen LogP contribution in [0.15, 0.2) is 47.0 Å². The summed E-state index contributed by atoms with van der Waals surface area (Å²) in [5.74, 6) is 0.875. The molecule has 0 unspecified atom stereocenters. The molecule has 1 aliphatic rings. The summed E-state index contributed by atoms with van der Waals surface area (Å²) in [5, 5.41) is 7.07. The Bertz CT molecular complexity index is 1050. The van der Waals surface area contributed by atoms with E-state index in [9.17, 15) is 9.18 Å². The molecule has 1 aromatic heterocycles. The molecule has 0 aliphatic carbocycles. The Labute approximate surface area is 175 Å². The molecule has 1 amide bonds. The highest BCUT2D eigenvalue weighted by molar-refractivity contribution is 6.05. The van der Waals surface area contributed by atoms with Gasteiger partial charge in [0.1, 0.15) is 11.9 Å². The van der Waals surface area contributed by atoms with Crippen LogP contribution in [0.3, 0.4) is 0 Å². The fourth-order valence-electron chi connectivity index (χ4n) is 3.75. The van der Waals surface area contributed by atoms with Crippen molar-refractivity contribution in [1.29, 1.82) is 0 Å². The second-order valence-electron chi connectivity index (χ2n) is 7.88. The quantitative estimate of drug-likeness (QED) is 0.636. The first-order valence-corrected chi connectivity index (χ1v) is 10.2. The molecule has 156 valence electrons. The summed E-state index contributed by atoms with van der Waals surface area (Å²) in [4.78, 5) is 19.4. The largest absolute Gasteiger partial charge is 0.359 e. The number of nitrogens with zero attached hydrogens (tertiary/aromatic N) is 3. The van der Waals surface area contributed by atoms with Gasteiger partial charge in [-0.15, -0.1) is 0 Å². The Balaban J connectivity index is 1.60. The van der Waals surface area contributed by atoms with Crippen LogP contribution in [0.2, 0.25) is 0 Å². The molecule has 1 atom stereocenters. The number of carbonyl (C=O) groups excluding carboxylic acids is 1. The summed E-state index contributed by atoms with van der Waals surface area (Å²) in [6.45, 7) is 6.98. The van der Waals surface area contributed by atoms with Gasteiger partial charge in [0.2, 0.25) is 5.89 Å². The number of hydrogen-bond donors (Lipinski definition) is 1. The predicted octanol–water partition coefficient (Wildman–Crippen LogP) is 5.10. The van der Waals surface area contributed by atoms with E-state index in [4.69, 9.17) is 4.52 Å². The van der Waals surface area contributed by atoms with Gasteiger partial charge in [-0.25, -0.2) is 4.39 Å². The molecular formula is C23H25FN4O2. The van der Waals surface area contributed by atoms with E-state index in [0.717, 1.165) is 36.3 Å². The molecule has 0 fully saturated rings. The Hall–Kier alpha value is -3.22. The highest BCUT2D eigenvalue weighted by Gasteiger charge is 2.28. The molecule has 0 bridgehead atoms. The number of aromatic nitrogens is 2. The summed E-state index contributed by atoms with van der Waals surface area (Å²) in [6.07, 6.45) is 1.81. The normalized spacial score (nSPS) is 14.5. The van der Waals surface area contributed by atoms with E-state index in [1.807, 2.05) is 26.0 Å². The molecule has 0 spiro atoms. The van der Waals surface area contributed by atoms with Crippen molar-refractivity contribution < 1.29 is 13.7 Å². The Kier molecular flexibility index (Phi) is 5.53. The minimum Gasteiger partial charge on any atom is -0.359 e. The minimum atomic E-state index is -0.366. The zero-order chi connectivity index (χ0) is 21.3. The van der Waals surface area contributed by atoms with Crippen molar-refractivity contribution in [3.63, 3.8) is 0 Å². The van der Waals surface area contributed by atoms with Crippen LogP contribution in [0.1, 0.15) is 66.8 Å². The standard InChI is InChI=1S/C23H25FN4O2/c1-14(2)21-26-23(30-27-21)15(3)28-13-5-6-18-19(7-4-8-20(18)28)25-22(29)16-9-11-17(24)12-10-16/h4,7-12,14-15H,5-6,13H2,1-3H3,(H,25,29)/t15-/m0/s1. The molecule has 7 heteroatoms. The molecule has 6 nitrogen and oxygen atoms in total. The van der Waals surface area contributed by atoms with Crippen LogP contribution in [0.5, 0.6) is 0 Å². The molecule has 2 heterocycles. The van der Waals surface area contributed by atoms with E-state index in [1.165, 1.54) is 24.3 Å². The summed E-state index contributed by atoms with van der Waals surface area (Å²) in [5.41, 5.74) is 3.32. The van der Waals surface area contributed by atoms with Gasteiger partial charge in [-0.05, 0) is 61.7 Å². The van der Waals surface area contributed by atoms with Crippen molar-refractivity contribution in [2.75, 3.05) is 16.8 Å². The summed E-state index contributed by atoms with van der Waals surface area (Å²) >= 11 is 0. The second-order valence-corrected chi connectivity index (χ2v) is 7.88. The van der Waals surface area contributed by atoms with Gasteiger partial charge in [-0.3, -0.25) is 4.79 Å². The van der Waals surface area contributed by atoms with Crippen molar-refractivity contribution in [2.24, 2.45) is 0 Å². The highest BCUT2D eigenvalue weighted by atomic mass is 19.1. The third-order valence-corrected chi connectivity index (χ3v) is 5.44. The van der Waals surface area contributed by atoms with Gasteiger partial charge in [-0.2, -0.15) is 4.98 Å². The molecule has 1 N–H and O–H groups in total. The SMILES string of the molecule is CC(C)c1noc([C@H](C)N2CCCc3c(NC(=O)c4ccc(F)cc4)cccc32)n1. The third kappa shape index (κ3) is 3.92. The molecule has 2 aromatic carbocycles. The first-order valence-electron chi connectivity index (χ1n) is 10.2. The number of hydrogen-bond acceptors (Lipinski definition) is 5. The lowest BCUT2D eigenvalue weighted by atomic mass is 9.98. The van der Waals surface area contributed by atoms with Crippen LogP contribution in [-0.4, -0.2) is 22.6 Å². The van der Waals surface area contributed by atoms with Gasteiger partial charge < -0.3 is 14.7 Å². The van der Waals surface area contributed by atoms with Crippen molar-refractivity contribution in [1.82, 2.24) is 10.1 Å². The van der Waals surface area contributed by atoms with Crippen molar-refractivity contribution in [3.8, 4) is 0 Å². The van der Waals surface area contributed by atoms with Gasteiger partial charge in [0, 0.05) is 29.4 Å². The number of rotatable bonds is 5. The lowest BCUT2D eigenvalue weighted by molar-refractivity contribution is 0.102. The molecular weight excluding hydrogens is 383 g/mol. The topological polar surface area (TPSA) is 71.3 Å². The fraction of sp³-hybridized carbons (Fsp3) is 0.348. The summed E-state index contributed by atoms with van der Waals surface area (Å²) in [6, 6.07) is 11.3. The van der Waals surface area contributed by atoms with Crippen LogP contribution in [-0.2, 0) is 6.42 Å². The zero-order valence-corrected chi connectivity index (χ0v) is 17.4. The maximum Gasteiger partial charge on any atom is 0.255 e. The number of benzene rings is 2. The molecule has 1 aliphatic heterocycles. The van der Waals surface area contributed by atoms with Gasteiger partial charge >= 0.3 is 0 Å². The molecule has 30 heavy (non-hydrogen) atoms. The van der Waals surface area contributed by atoms with Gasteiger partial charge in [0.15, 0.2) is 5.82 Å².